The van der Waals surface area contributed by atoms with E-state index in [-0.39, 0.29) is 0 Å². The van der Waals surface area contributed by atoms with E-state index < -0.39 is 0 Å². The third kappa shape index (κ3) is 3.38. The van der Waals surface area contributed by atoms with E-state index in [2.05, 4.69) is 37.4 Å². The second-order valence-corrected chi connectivity index (χ2v) is 6.90. The minimum absolute atomic E-state index is 0.381. The molecule has 1 aliphatic carbocycles. The molecule has 16 heavy (non-hydrogen) atoms. The SMILES string of the molecule is CC(C)OCC1(CN2CCSC[C@H]2C)CC1. The Labute approximate surface area is 104 Å². The molecule has 0 amide bonds. The minimum atomic E-state index is 0.381. The Morgan fingerprint density at radius 1 is 1.44 bits per heavy atom. The smallest absolute Gasteiger partial charge is 0.0538 e. The van der Waals surface area contributed by atoms with Crippen LogP contribution in [0.1, 0.15) is 33.6 Å². The molecule has 2 aliphatic rings. The molecule has 1 saturated heterocycles. The first-order valence-electron chi connectivity index (χ1n) is 6.55. The van der Waals surface area contributed by atoms with E-state index in [1.165, 1.54) is 37.4 Å². The largest absolute Gasteiger partial charge is 0.378 e. The van der Waals surface area contributed by atoms with Crippen molar-refractivity contribution in [2.45, 2.75) is 45.8 Å². The molecule has 1 saturated carbocycles. The fourth-order valence-electron chi connectivity index (χ4n) is 2.30. The fraction of sp³-hybridized carbons (Fsp3) is 1.00. The first kappa shape index (κ1) is 12.7. The van der Waals surface area contributed by atoms with Crippen LogP contribution in [0.25, 0.3) is 0 Å². The molecule has 3 heteroatoms. The Balaban J connectivity index is 1.79. The Kier molecular flexibility index (Phi) is 4.20. The van der Waals surface area contributed by atoms with Crippen LogP contribution in [0, 0.1) is 5.41 Å². The fourth-order valence-corrected chi connectivity index (χ4v) is 3.38. The first-order valence-corrected chi connectivity index (χ1v) is 7.70. The molecule has 1 atom stereocenters. The van der Waals surface area contributed by atoms with Crippen LogP contribution < -0.4 is 0 Å². The molecule has 0 radical (unpaired) electrons. The Bertz CT molecular complexity index is 228. The molecule has 0 aromatic carbocycles. The summed E-state index contributed by atoms with van der Waals surface area (Å²) in [6.45, 7) is 10.1. The highest BCUT2D eigenvalue weighted by molar-refractivity contribution is 7.99. The van der Waals surface area contributed by atoms with Crippen LogP contribution in [0.3, 0.4) is 0 Å². The van der Waals surface area contributed by atoms with Crippen LogP contribution in [0.4, 0.5) is 0 Å². The molecule has 0 unspecified atom stereocenters. The molecule has 0 aromatic rings. The lowest BCUT2D eigenvalue weighted by Crippen LogP contribution is -2.44. The molecule has 0 N–H and O–H groups in total. The van der Waals surface area contributed by atoms with Crippen LogP contribution in [-0.2, 0) is 4.74 Å². The Hall–Kier alpha value is 0.270. The lowest BCUT2D eigenvalue weighted by Gasteiger charge is -2.36. The van der Waals surface area contributed by atoms with Crippen molar-refractivity contribution in [3.63, 3.8) is 0 Å². The number of nitrogens with zero attached hydrogens (tertiary/aromatic N) is 1. The van der Waals surface area contributed by atoms with Gasteiger partial charge in [0.2, 0.25) is 0 Å². The third-order valence-corrected chi connectivity index (χ3v) is 4.91. The number of thioether (sulfide) groups is 1. The van der Waals surface area contributed by atoms with E-state index in [9.17, 15) is 0 Å². The summed E-state index contributed by atoms with van der Waals surface area (Å²) in [7, 11) is 0. The van der Waals surface area contributed by atoms with Crippen molar-refractivity contribution >= 4 is 11.8 Å². The zero-order valence-electron chi connectivity index (χ0n) is 10.9. The lowest BCUT2D eigenvalue weighted by molar-refractivity contribution is 0.0278. The zero-order valence-corrected chi connectivity index (χ0v) is 11.7. The maximum atomic E-state index is 5.81. The van der Waals surface area contributed by atoms with E-state index in [0.29, 0.717) is 11.5 Å². The average Bonchev–Trinajstić information content (AvgIpc) is 3.00. The van der Waals surface area contributed by atoms with E-state index in [4.69, 9.17) is 4.74 Å². The van der Waals surface area contributed by atoms with Gasteiger partial charge in [-0.2, -0.15) is 11.8 Å². The van der Waals surface area contributed by atoms with Crippen molar-refractivity contribution < 1.29 is 4.74 Å². The first-order chi connectivity index (χ1) is 7.61. The Morgan fingerprint density at radius 2 is 2.19 bits per heavy atom. The predicted molar refractivity (Wildman–Crippen MR) is 71.1 cm³/mol. The van der Waals surface area contributed by atoms with Gasteiger partial charge < -0.3 is 4.74 Å². The summed E-state index contributed by atoms with van der Waals surface area (Å²) >= 11 is 2.10. The summed E-state index contributed by atoms with van der Waals surface area (Å²) in [4.78, 5) is 2.67. The molecule has 2 fully saturated rings. The van der Waals surface area contributed by atoms with Crippen molar-refractivity contribution in [2.75, 3.05) is 31.2 Å². The summed E-state index contributed by atoms with van der Waals surface area (Å²) in [6.07, 6.45) is 3.12. The quantitative estimate of drug-likeness (QED) is 0.736. The molecule has 2 nitrogen and oxygen atoms in total. The van der Waals surface area contributed by atoms with Gasteiger partial charge in [0, 0.05) is 36.1 Å². The monoisotopic (exact) mass is 243 g/mol. The number of hydrogen-bond donors (Lipinski definition) is 0. The van der Waals surface area contributed by atoms with Crippen molar-refractivity contribution in [1.29, 1.82) is 0 Å². The van der Waals surface area contributed by atoms with Crippen LogP contribution in [0.5, 0.6) is 0 Å². The zero-order chi connectivity index (χ0) is 11.6. The Morgan fingerprint density at radius 3 is 2.75 bits per heavy atom. The van der Waals surface area contributed by atoms with Gasteiger partial charge in [0.25, 0.3) is 0 Å². The maximum Gasteiger partial charge on any atom is 0.0538 e. The normalized spacial score (nSPS) is 29.6. The van der Waals surface area contributed by atoms with Gasteiger partial charge in [-0.1, -0.05) is 0 Å². The van der Waals surface area contributed by atoms with E-state index in [1.807, 2.05) is 0 Å². The summed E-state index contributed by atoms with van der Waals surface area (Å²) in [6, 6.07) is 0.760. The molecule has 94 valence electrons. The van der Waals surface area contributed by atoms with Crippen molar-refractivity contribution in [2.24, 2.45) is 5.41 Å². The van der Waals surface area contributed by atoms with Crippen molar-refractivity contribution in [3.8, 4) is 0 Å². The predicted octanol–water partition coefficient (Wildman–Crippen LogP) is 2.63. The molecular formula is C13H25NOS. The van der Waals surface area contributed by atoms with E-state index in [0.717, 1.165) is 12.6 Å². The molecule has 1 aliphatic heterocycles. The molecule has 2 rings (SSSR count). The van der Waals surface area contributed by atoms with Gasteiger partial charge >= 0.3 is 0 Å². The van der Waals surface area contributed by atoms with Gasteiger partial charge in [0.1, 0.15) is 0 Å². The second kappa shape index (κ2) is 5.28. The number of ether oxygens (including phenoxy) is 1. The molecule has 0 aromatic heterocycles. The summed E-state index contributed by atoms with van der Waals surface area (Å²) in [5, 5.41) is 0. The van der Waals surface area contributed by atoms with Crippen LogP contribution >= 0.6 is 11.8 Å². The van der Waals surface area contributed by atoms with E-state index >= 15 is 0 Å². The lowest BCUT2D eigenvalue weighted by atomic mass is 10.1. The maximum absolute atomic E-state index is 5.81. The van der Waals surface area contributed by atoms with Crippen molar-refractivity contribution in [3.05, 3.63) is 0 Å². The van der Waals surface area contributed by atoms with E-state index in [1.54, 1.807) is 0 Å². The average molecular weight is 243 g/mol. The van der Waals surface area contributed by atoms with Gasteiger partial charge in [-0.3, -0.25) is 4.90 Å². The molecular weight excluding hydrogens is 218 g/mol. The summed E-state index contributed by atoms with van der Waals surface area (Å²) in [5.41, 5.74) is 0.514. The highest BCUT2D eigenvalue weighted by Crippen LogP contribution is 2.47. The van der Waals surface area contributed by atoms with Crippen LogP contribution in [-0.4, -0.2) is 48.2 Å². The molecule has 0 bridgehead atoms. The highest BCUT2D eigenvalue weighted by atomic mass is 32.2. The standard InChI is InChI=1S/C13H25NOS/c1-11(2)15-10-13(4-5-13)9-14-6-7-16-8-12(14)3/h11-12H,4-10H2,1-3H3/t12-/m1/s1. The van der Waals surface area contributed by atoms with Crippen LogP contribution in [0.15, 0.2) is 0 Å². The van der Waals surface area contributed by atoms with Gasteiger partial charge in [-0.05, 0) is 33.6 Å². The van der Waals surface area contributed by atoms with Gasteiger partial charge in [0.05, 0.1) is 12.7 Å². The van der Waals surface area contributed by atoms with Gasteiger partial charge in [-0.25, -0.2) is 0 Å². The topological polar surface area (TPSA) is 12.5 Å². The van der Waals surface area contributed by atoms with Crippen LogP contribution in [0.2, 0.25) is 0 Å². The summed E-state index contributed by atoms with van der Waals surface area (Å²) in [5.74, 6) is 2.62. The van der Waals surface area contributed by atoms with Gasteiger partial charge in [-0.15, -0.1) is 0 Å². The van der Waals surface area contributed by atoms with Gasteiger partial charge in [0.15, 0.2) is 0 Å². The summed E-state index contributed by atoms with van der Waals surface area (Å²) < 4.78 is 5.81. The minimum Gasteiger partial charge on any atom is -0.378 e. The third-order valence-electron chi connectivity index (χ3n) is 3.72. The molecule has 0 spiro atoms. The number of rotatable bonds is 5. The molecule has 1 heterocycles. The highest BCUT2D eigenvalue weighted by Gasteiger charge is 2.45. The number of hydrogen-bond acceptors (Lipinski definition) is 3. The second-order valence-electron chi connectivity index (χ2n) is 5.75. The van der Waals surface area contributed by atoms with Crippen molar-refractivity contribution in [1.82, 2.24) is 4.90 Å².